The number of sulfone groups is 1. The smallest absolute Gasteiger partial charge is 0.492 e. The Hall–Kier alpha value is -1.87. The van der Waals surface area contributed by atoms with Crippen LogP contribution in [0.15, 0.2) is 24.5 Å². The minimum atomic E-state index is -3.48. The predicted octanol–water partition coefficient (Wildman–Crippen LogP) is 1.51. The van der Waals surface area contributed by atoms with Crippen molar-refractivity contribution in [2.24, 2.45) is 0 Å². The number of carboxylic acid groups (broad SMARTS) is 1. The first-order valence-electron chi connectivity index (χ1n) is 7.64. The summed E-state index contributed by atoms with van der Waals surface area (Å²) in [4.78, 5) is 14.8. The van der Waals surface area contributed by atoms with E-state index < -0.39 is 21.6 Å². The van der Waals surface area contributed by atoms with Crippen LogP contribution >= 0.6 is 0 Å². The van der Waals surface area contributed by atoms with Gasteiger partial charge < -0.3 is 19.3 Å². The molecule has 1 aromatic heterocycles. The summed E-state index contributed by atoms with van der Waals surface area (Å²) in [5.41, 5.74) is -1.22. The molecule has 0 amide bonds. The van der Waals surface area contributed by atoms with E-state index in [1.165, 1.54) is 0 Å². The molecule has 1 aromatic rings. The Kier molecular flexibility index (Phi) is 6.38. The highest BCUT2D eigenvalue weighted by atomic mass is 32.2. The van der Waals surface area contributed by atoms with Crippen molar-refractivity contribution in [1.29, 1.82) is 0 Å². The number of hydrogen-bond acceptors (Lipinski definition) is 7. The van der Waals surface area contributed by atoms with Crippen molar-refractivity contribution in [1.82, 2.24) is 4.98 Å². The molecule has 1 fully saturated rings. The van der Waals surface area contributed by atoms with Crippen molar-refractivity contribution in [2.75, 3.05) is 31.3 Å². The third-order valence-electron chi connectivity index (χ3n) is 3.69. The molecule has 2 rings (SSSR count). The molecule has 0 aromatic carbocycles. The van der Waals surface area contributed by atoms with Crippen LogP contribution in [0.1, 0.15) is 19.3 Å². The number of hydrogen-bond donors (Lipinski definition) is 1. The fraction of sp³-hybridized carbons (Fsp3) is 0.600. The van der Waals surface area contributed by atoms with Crippen LogP contribution in [0.25, 0.3) is 0 Å². The van der Waals surface area contributed by atoms with Gasteiger partial charge in [-0.05, 0) is 18.6 Å². The topological polar surface area (TPSA) is 112 Å². The normalized spacial score (nSPS) is 17.2. The van der Waals surface area contributed by atoms with Gasteiger partial charge in [0.2, 0.25) is 0 Å². The average molecular weight is 359 g/mol. The van der Waals surface area contributed by atoms with Gasteiger partial charge in [0.1, 0.15) is 11.4 Å². The van der Waals surface area contributed by atoms with Crippen LogP contribution in [0, 0.1) is 0 Å². The van der Waals surface area contributed by atoms with E-state index in [9.17, 15) is 13.2 Å². The summed E-state index contributed by atoms with van der Waals surface area (Å²) in [6.45, 7) is 0.806. The molecule has 0 saturated carbocycles. The predicted molar refractivity (Wildman–Crippen MR) is 84.9 cm³/mol. The van der Waals surface area contributed by atoms with E-state index in [1.54, 1.807) is 24.5 Å². The number of aromatic nitrogens is 1. The first kappa shape index (κ1) is 18.5. The second-order valence-corrected chi connectivity index (χ2v) is 7.83. The standard InChI is InChI=1S/C15H21NO7S/c17-14(18)23-15(4-8-21-9-5-15)12-24(19,20)10-2-7-22-13-3-1-6-16-11-13/h1,3,6,11H,2,4-5,7-10,12H2,(H,17,18). The SMILES string of the molecule is O=C(O)OC1(CS(=O)(=O)CCCOc2cccnc2)CCOCC1. The fourth-order valence-corrected chi connectivity index (χ4v) is 4.43. The average Bonchev–Trinajstić information content (AvgIpc) is 2.52. The van der Waals surface area contributed by atoms with Gasteiger partial charge in [-0.2, -0.15) is 0 Å². The summed E-state index contributed by atoms with van der Waals surface area (Å²) < 4.78 is 40.1. The van der Waals surface area contributed by atoms with Crippen molar-refractivity contribution < 1.29 is 32.5 Å². The van der Waals surface area contributed by atoms with Crippen LogP contribution in [0.3, 0.4) is 0 Å². The lowest BCUT2D eigenvalue weighted by molar-refractivity contribution is -0.0721. The first-order chi connectivity index (χ1) is 11.4. The minimum Gasteiger partial charge on any atom is -0.492 e. The van der Waals surface area contributed by atoms with Gasteiger partial charge in [-0.3, -0.25) is 4.98 Å². The molecule has 0 spiro atoms. The molecular formula is C15H21NO7S. The van der Waals surface area contributed by atoms with Crippen LogP contribution in [0.2, 0.25) is 0 Å². The highest BCUT2D eigenvalue weighted by Crippen LogP contribution is 2.27. The number of carbonyl (C=O) groups is 1. The second kappa shape index (κ2) is 8.29. The van der Waals surface area contributed by atoms with Gasteiger partial charge in [-0.1, -0.05) is 0 Å². The van der Waals surface area contributed by atoms with Crippen LogP contribution in [0.5, 0.6) is 5.75 Å². The van der Waals surface area contributed by atoms with Gasteiger partial charge in [0, 0.05) is 19.0 Å². The molecular weight excluding hydrogens is 338 g/mol. The van der Waals surface area contributed by atoms with Crippen molar-refractivity contribution >= 4 is 16.0 Å². The van der Waals surface area contributed by atoms with Gasteiger partial charge in [0.15, 0.2) is 9.84 Å². The molecule has 8 nitrogen and oxygen atoms in total. The summed E-state index contributed by atoms with van der Waals surface area (Å²) in [5, 5.41) is 8.88. The van der Waals surface area contributed by atoms with Gasteiger partial charge in [0.25, 0.3) is 0 Å². The third-order valence-corrected chi connectivity index (χ3v) is 5.57. The molecule has 134 valence electrons. The van der Waals surface area contributed by atoms with Crippen LogP contribution in [-0.2, 0) is 19.3 Å². The molecule has 24 heavy (non-hydrogen) atoms. The van der Waals surface area contributed by atoms with Crippen LogP contribution < -0.4 is 4.74 Å². The fourth-order valence-electron chi connectivity index (χ4n) is 2.58. The minimum absolute atomic E-state index is 0.0984. The Bertz CT molecular complexity index is 626. The Morgan fingerprint density at radius 3 is 2.75 bits per heavy atom. The number of rotatable bonds is 8. The van der Waals surface area contributed by atoms with Crippen LogP contribution in [-0.4, -0.2) is 61.6 Å². The molecule has 0 atom stereocenters. The lowest BCUT2D eigenvalue weighted by Crippen LogP contribution is -2.46. The summed E-state index contributed by atoms with van der Waals surface area (Å²) in [7, 11) is -3.48. The molecule has 0 bridgehead atoms. The van der Waals surface area contributed by atoms with E-state index in [4.69, 9.17) is 19.3 Å². The summed E-state index contributed by atoms with van der Waals surface area (Å²) in [6, 6.07) is 3.46. The van der Waals surface area contributed by atoms with Gasteiger partial charge in [-0.25, -0.2) is 13.2 Å². The quantitative estimate of drug-likeness (QED) is 0.549. The highest BCUT2D eigenvalue weighted by molar-refractivity contribution is 7.91. The van der Waals surface area contributed by atoms with E-state index in [0.717, 1.165) is 0 Å². The lowest BCUT2D eigenvalue weighted by atomic mass is 9.96. The summed E-state index contributed by atoms with van der Waals surface area (Å²) in [6.07, 6.45) is 2.48. The maximum atomic E-state index is 12.3. The second-order valence-electron chi connectivity index (χ2n) is 5.65. The molecule has 2 heterocycles. The molecule has 1 N–H and O–H groups in total. The van der Waals surface area contributed by atoms with Crippen molar-refractivity contribution in [3.05, 3.63) is 24.5 Å². The van der Waals surface area contributed by atoms with Crippen molar-refractivity contribution in [3.8, 4) is 5.75 Å². The third kappa shape index (κ3) is 5.97. The highest BCUT2D eigenvalue weighted by Gasteiger charge is 2.40. The lowest BCUT2D eigenvalue weighted by Gasteiger charge is -2.35. The molecule has 1 aliphatic rings. The molecule has 0 radical (unpaired) electrons. The Morgan fingerprint density at radius 1 is 1.38 bits per heavy atom. The molecule has 0 unspecified atom stereocenters. The largest absolute Gasteiger partial charge is 0.506 e. The molecule has 1 aliphatic heterocycles. The first-order valence-corrected chi connectivity index (χ1v) is 9.46. The van der Waals surface area contributed by atoms with Gasteiger partial charge in [-0.15, -0.1) is 0 Å². The molecule has 9 heteroatoms. The zero-order valence-corrected chi connectivity index (χ0v) is 14.0. The number of pyridine rings is 1. The van der Waals surface area contributed by atoms with Gasteiger partial charge in [0.05, 0.1) is 37.5 Å². The Balaban J connectivity index is 1.85. The Morgan fingerprint density at radius 2 is 2.12 bits per heavy atom. The number of ether oxygens (including phenoxy) is 3. The summed E-state index contributed by atoms with van der Waals surface area (Å²) >= 11 is 0. The van der Waals surface area contributed by atoms with E-state index in [0.29, 0.717) is 12.2 Å². The maximum absolute atomic E-state index is 12.3. The zero-order valence-electron chi connectivity index (χ0n) is 13.2. The van der Waals surface area contributed by atoms with Crippen LogP contribution in [0.4, 0.5) is 4.79 Å². The summed E-state index contributed by atoms with van der Waals surface area (Å²) in [5.74, 6) is 0.145. The maximum Gasteiger partial charge on any atom is 0.506 e. The zero-order chi connectivity index (χ0) is 17.5. The molecule has 0 aliphatic carbocycles. The molecule has 1 saturated heterocycles. The van der Waals surface area contributed by atoms with Crippen molar-refractivity contribution in [2.45, 2.75) is 24.9 Å². The van der Waals surface area contributed by atoms with E-state index in [-0.39, 0.29) is 44.2 Å². The van der Waals surface area contributed by atoms with E-state index in [1.807, 2.05) is 0 Å². The number of nitrogens with zero attached hydrogens (tertiary/aromatic N) is 1. The van der Waals surface area contributed by atoms with Gasteiger partial charge >= 0.3 is 6.16 Å². The van der Waals surface area contributed by atoms with Crippen molar-refractivity contribution in [3.63, 3.8) is 0 Å². The van der Waals surface area contributed by atoms with E-state index >= 15 is 0 Å². The Labute approximate surface area is 140 Å². The monoisotopic (exact) mass is 359 g/mol. The van der Waals surface area contributed by atoms with E-state index in [2.05, 4.69) is 4.98 Å².